The number of anilines is 1. The fourth-order valence-electron chi connectivity index (χ4n) is 3.45. The van der Waals surface area contributed by atoms with E-state index in [1.54, 1.807) is 36.4 Å². The number of hydrogen-bond donors (Lipinski definition) is 0. The summed E-state index contributed by atoms with van der Waals surface area (Å²) in [6.07, 6.45) is 0.430. The molecular weight excluding hydrogens is 474 g/mol. The van der Waals surface area contributed by atoms with Crippen molar-refractivity contribution in [3.8, 4) is 5.75 Å². The molecule has 0 saturated heterocycles. The van der Waals surface area contributed by atoms with Crippen LogP contribution in [0.4, 0.5) is 5.69 Å². The molecule has 0 atom stereocenters. The first-order valence-corrected chi connectivity index (χ1v) is 13.6. The SMILES string of the molecule is CC.CC.CC.CC.COc1cc(C(=O)c2ccccc2)cc(Cc2ccccc2)c1N(C(C)=O)C(C)=O. The molecule has 0 bridgehead atoms. The third-order valence-corrected chi connectivity index (χ3v) is 4.76. The molecule has 0 heterocycles. The minimum Gasteiger partial charge on any atom is -0.495 e. The summed E-state index contributed by atoms with van der Waals surface area (Å²) >= 11 is 0. The number of ketones is 1. The van der Waals surface area contributed by atoms with E-state index >= 15 is 0 Å². The lowest BCUT2D eigenvalue weighted by molar-refractivity contribution is -0.124. The van der Waals surface area contributed by atoms with Crippen LogP contribution in [-0.4, -0.2) is 24.7 Å². The van der Waals surface area contributed by atoms with Crippen LogP contribution in [0.15, 0.2) is 72.8 Å². The maximum atomic E-state index is 13.1. The molecule has 0 unspecified atom stereocenters. The summed E-state index contributed by atoms with van der Waals surface area (Å²) in [5.74, 6) is -0.699. The predicted molar refractivity (Wildman–Crippen MR) is 161 cm³/mol. The van der Waals surface area contributed by atoms with Crippen molar-refractivity contribution in [1.29, 1.82) is 0 Å². The van der Waals surface area contributed by atoms with Gasteiger partial charge in [-0.1, -0.05) is 116 Å². The molecule has 38 heavy (non-hydrogen) atoms. The van der Waals surface area contributed by atoms with Gasteiger partial charge in [-0.05, 0) is 29.7 Å². The van der Waals surface area contributed by atoms with E-state index in [9.17, 15) is 14.4 Å². The lowest BCUT2D eigenvalue weighted by Gasteiger charge is -2.24. The van der Waals surface area contributed by atoms with Crippen LogP contribution in [0.5, 0.6) is 5.75 Å². The van der Waals surface area contributed by atoms with E-state index in [4.69, 9.17) is 4.74 Å². The van der Waals surface area contributed by atoms with E-state index in [0.717, 1.165) is 10.5 Å². The highest BCUT2D eigenvalue weighted by molar-refractivity contribution is 6.16. The van der Waals surface area contributed by atoms with Crippen LogP contribution in [0.1, 0.15) is 96.3 Å². The summed E-state index contributed by atoms with van der Waals surface area (Å²) in [4.78, 5) is 38.7. The third kappa shape index (κ3) is 10.7. The summed E-state index contributed by atoms with van der Waals surface area (Å²) in [6.45, 7) is 18.7. The van der Waals surface area contributed by atoms with E-state index < -0.39 is 11.8 Å². The van der Waals surface area contributed by atoms with Gasteiger partial charge >= 0.3 is 0 Å². The zero-order valence-corrected chi connectivity index (χ0v) is 25.2. The van der Waals surface area contributed by atoms with Crippen LogP contribution in [0.25, 0.3) is 0 Å². The average molecular weight is 522 g/mol. The first-order chi connectivity index (χ1) is 18.4. The van der Waals surface area contributed by atoms with Crippen molar-refractivity contribution in [3.05, 3.63) is 95.1 Å². The van der Waals surface area contributed by atoms with Crippen molar-refractivity contribution in [2.75, 3.05) is 12.0 Å². The van der Waals surface area contributed by atoms with E-state index in [1.807, 2.05) is 91.8 Å². The van der Waals surface area contributed by atoms with Crippen LogP contribution in [-0.2, 0) is 16.0 Å². The van der Waals surface area contributed by atoms with Crippen LogP contribution < -0.4 is 9.64 Å². The van der Waals surface area contributed by atoms with Crippen molar-refractivity contribution < 1.29 is 19.1 Å². The average Bonchev–Trinajstić information content (AvgIpc) is 2.98. The number of amides is 2. The molecule has 5 heteroatoms. The molecule has 0 aliphatic heterocycles. The summed E-state index contributed by atoms with van der Waals surface area (Å²) < 4.78 is 5.53. The van der Waals surface area contributed by atoms with E-state index in [2.05, 4.69) is 0 Å². The van der Waals surface area contributed by atoms with Gasteiger partial charge in [0.05, 0.1) is 12.8 Å². The standard InChI is InChI=1S/C25H23NO4.4C2H6/c1-17(27)26(18(2)28)24-21(14-19-10-6-4-7-11-19)15-22(16-23(24)30-3)25(29)20-12-8-5-9-13-20;4*1-2/h4-13,15-16H,14H2,1-3H3;4*1-2H3. The smallest absolute Gasteiger partial charge is 0.230 e. The van der Waals surface area contributed by atoms with Gasteiger partial charge in [-0.25, -0.2) is 4.90 Å². The van der Waals surface area contributed by atoms with Crippen LogP contribution >= 0.6 is 0 Å². The zero-order chi connectivity index (χ0) is 29.7. The highest BCUT2D eigenvalue weighted by atomic mass is 16.5. The first kappa shape index (κ1) is 36.4. The van der Waals surface area contributed by atoms with Gasteiger partial charge in [-0.2, -0.15) is 0 Å². The molecule has 3 rings (SSSR count). The Balaban J connectivity index is 0. The molecule has 208 valence electrons. The topological polar surface area (TPSA) is 63.7 Å². The number of benzene rings is 3. The molecule has 0 aliphatic carbocycles. The zero-order valence-electron chi connectivity index (χ0n) is 25.2. The van der Waals surface area contributed by atoms with Gasteiger partial charge in [-0.3, -0.25) is 14.4 Å². The van der Waals surface area contributed by atoms with Crippen LogP contribution in [0.2, 0.25) is 0 Å². The van der Waals surface area contributed by atoms with Crippen molar-refractivity contribution >= 4 is 23.3 Å². The molecule has 0 saturated carbocycles. The molecule has 0 aromatic heterocycles. The fraction of sp³-hybridized carbons (Fsp3) is 0.364. The van der Waals surface area contributed by atoms with E-state index in [1.165, 1.54) is 21.0 Å². The summed E-state index contributed by atoms with van der Waals surface area (Å²) in [7, 11) is 1.46. The predicted octanol–water partition coefficient (Wildman–Crippen LogP) is 8.52. The van der Waals surface area contributed by atoms with Crippen LogP contribution in [0.3, 0.4) is 0 Å². The Kier molecular flexibility index (Phi) is 20.5. The van der Waals surface area contributed by atoms with Crippen LogP contribution in [0, 0.1) is 0 Å². The molecule has 2 amide bonds. The quantitative estimate of drug-likeness (QED) is 0.305. The highest BCUT2D eigenvalue weighted by Gasteiger charge is 2.26. The number of ether oxygens (including phenoxy) is 1. The Morgan fingerprint density at radius 2 is 1.11 bits per heavy atom. The second-order valence-corrected chi connectivity index (χ2v) is 6.92. The lowest BCUT2D eigenvalue weighted by atomic mass is 9.95. The fourth-order valence-corrected chi connectivity index (χ4v) is 3.45. The molecule has 0 radical (unpaired) electrons. The maximum Gasteiger partial charge on any atom is 0.230 e. The Morgan fingerprint density at radius 3 is 1.53 bits per heavy atom. The van der Waals surface area contributed by atoms with Crippen molar-refractivity contribution in [3.63, 3.8) is 0 Å². The van der Waals surface area contributed by atoms with Crippen molar-refractivity contribution in [2.45, 2.75) is 75.7 Å². The Bertz CT molecular complexity index is 1060. The molecule has 3 aromatic rings. The molecule has 0 aliphatic rings. The first-order valence-electron chi connectivity index (χ1n) is 13.6. The number of methoxy groups -OCH3 is 1. The number of nitrogens with zero attached hydrogens (tertiary/aromatic N) is 1. The second kappa shape index (κ2) is 21.4. The number of rotatable bonds is 6. The maximum absolute atomic E-state index is 13.1. The number of carbonyl (C=O) groups is 3. The van der Waals surface area contributed by atoms with Crippen molar-refractivity contribution in [1.82, 2.24) is 0 Å². The summed E-state index contributed by atoms with van der Waals surface area (Å²) in [5.41, 5.74) is 2.99. The van der Waals surface area contributed by atoms with E-state index in [-0.39, 0.29) is 5.78 Å². The largest absolute Gasteiger partial charge is 0.495 e. The number of carbonyl (C=O) groups excluding carboxylic acids is 3. The molecule has 0 fully saturated rings. The molecule has 5 nitrogen and oxygen atoms in total. The van der Waals surface area contributed by atoms with Crippen molar-refractivity contribution in [2.24, 2.45) is 0 Å². The van der Waals surface area contributed by atoms with Gasteiger partial charge in [0.2, 0.25) is 11.8 Å². The second-order valence-electron chi connectivity index (χ2n) is 6.92. The van der Waals surface area contributed by atoms with Gasteiger partial charge in [0, 0.05) is 25.0 Å². The monoisotopic (exact) mass is 521 g/mol. The number of hydrogen-bond acceptors (Lipinski definition) is 4. The molecule has 0 spiro atoms. The minimum atomic E-state index is -0.419. The Hall–Kier alpha value is -3.73. The third-order valence-electron chi connectivity index (χ3n) is 4.76. The lowest BCUT2D eigenvalue weighted by Crippen LogP contribution is -2.34. The van der Waals surface area contributed by atoms with Gasteiger partial charge in [0.15, 0.2) is 5.78 Å². The summed E-state index contributed by atoms with van der Waals surface area (Å²) in [5, 5.41) is 0. The molecular formula is C33H47NO4. The molecule has 3 aromatic carbocycles. The van der Waals surface area contributed by atoms with Gasteiger partial charge in [-0.15, -0.1) is 0 Å². The van der Waals surface area contributed by atoms with E-state index in [0.29, 0.717) is 34.5 Å². The van der Waals surface area contributed by atoms with Gasteiger partial charge in [0.1, 0.15) is 5.75 Å². The Labute approximate surface area is 230 Å². The summed E-state index contributed by atoms with van der Waals surface area (Å²) in [6, 6.07) is 21.9. The number of imide groups is 1. The molecule has 0 N–H and O–H groups in total. The Morgan fingerprint density at radius 1 is 0.658 bits per heavy atom. The van der Waals surface area contributed by atoms with Gasteiger partial charge in [0.25, 0.3) is 0 Å². The minimum absolute atomic E-state index is 0.160. The highest BCUT2D eigenvalue weighted by Crippen LogP contribution is 2.36. The normalized spacial score (nSPS) is 8.82. The van der Waals surface area contributed by atoms with Gasteiger partial charge < -0.3 is 4.74 Å².